The molecule has 1 fully saturated rings. The Hall–Kier alpha value is -3.49. The third-order valence-electron chi connectivity index (χ3n) is 6.41. The molecular weight excluding hydrogens is 442 g/mol. The van der Waals surface area contributed by atoms with Gasteiger partial charge >= 0.3 is 5.69 Å². The zero-order valence-electron chi connectivity index (χ0n) is 19.0. The standard InChI is InChI=1S/C25H28F2N4O3/c1-30-21-9-8-20(34-14-2-3-23(26)27)15-22(21)31(25(30)33)16-17-4-6-18(7-5-17)24(32)29-19-10-12-28-13-11-19/h3,8-13,15,17-18H,2,4-7,14,16H2,1H3,(H,28,29,32). The number of hydrogen-bond acceptors (Lipinski definition) is 4. The number of aryl methyl sites for hydroxylation is 1. The summed E-state index contributed by atoms with van der Waals surface area (Å²) in [6.45, 7) is 0.694. The van der Waals surface area contributed by atoms with Crippen LogP contribution in [-0.2, 0) is 18.4 Å². The lowest BCUT2D eigenvalue weighted by atomic mass is 9.81. The van der Waals surface area contributed by atoms with Crippen LogP contribution in [0.1, 0.15) is 32.1 Å². The summed E-state index contributed by atoms with van der Waals surface area (Å²) in [7, 11) is 1.73. The number of nitrogens with one attached hydrogen (secondary N) is 1. The van der Waals surface area contributed by atoms with Crippen molar-refractivity contribution >= 4 is 22.6 Å². The van der Waals surface area contributed by atoms with Crippen LogP contribution < -0.4 is 15.7 Å². The van der Waals surface area contributed by atoms with Crippen molar-refractivity contribution in [3.63, 3.8) is 0 Å². The lowest BCUT2D eigenvalue weighted by molar-refractivity contribution is -0.121. The number of benzene rings is 1. The molecular formula is C25H28F2N4O3. The molecule has 0 spiro atoms. The van der Waals surface area contributed by atoms with Gasteiger partial charge in [-0.25, -0.2) is 4.79 Å². The zero-order valence-corrected chi connectivity index (χ0v) is 19.0. The zero-order chi connectivity index (χ0) is 24.1. The highest BCUT2D eigenvalue weighted by atomic mass is 19.3. The molecule has 0 unspecified atom stereocenters. The van der Waals surface area contributed by atoms with Gasteiger partial charge in [0.2, 0.25) is 5.91 Å². The number of aromatic nitrogens is 3. The number of hydrogen-bond donors (Lipinski definition) is 1. The monoisotopic (exact) mass is 470 g/mol. The number of carbonyl (C=O) groups is 1. The van der Waals surface area contributed by atoms with Crippen LogP contribution in [0.4, 0.5) is 14.5 Å². The predicted molar refractivity (Wildman–Crippen MR) is 126 cm³/mol. The van der Waals surface area contributed by atoms with Gasteiger partial charge in [-0.15, -0.1) is 0 Å². The molecule has 1 N–H and O–H groups in total. The van der Waals surface area contributed by atoms with Gasteiger partial charge in [-0.2, -0.15) is 8.78 Å². The summed E-state index contributed by atoms with van der Waals surface area (Å²) in [4.78, 5) is 29.5. The fraction of sp³-hybridized carbons (Fsp3) is 0.400. The van der Waals surface area contributed by atoms with Gasteiger partial charge in [-0.3, -0.25) is 18.9 Å². The van der Waals surface area contributed by atoms with Crippen molar-refractivity contribution in [2.75, 3.05) is 11.9 Å². The molecule has 2 heterocycles. The van der Waals surface area contributed by atoms with E-state index in [-0.39, 0.29) is 36.5 Å². The number of halogens is 2. The van der Waals surface area contributed by atoms with E-state index < -0.39 is 6.08 Å². The van der Waals surface area contributed by atoms with E-state index in [1.165, 1.54) is 0 Å². The van der Waals surface area contributed by atoms with Gasteiger partial charge in [0, 0.05) is 50.1 Å². The highest BCUT2D eigenvalue weighted by Gasteiger charge is 2.27. The summed E-state index contributed by atoms with van der Waals surface area (Å²) in [6.07, 6.45) is 5.76. The number of anilines is 1. The van der Waals surface area contributed by atoms with Crippen LogP contribution in [0.15, 0.2) is 59.7 Å². The van der Waals surface area contributed by atoms with Gasteiger partial charge in [0.15, 0.2) is 0 Å². The summed E-state index contributed by atoms with van der Waals surface area (Å²) < 4.78 is 33.4. The molecule has 1 aliphatic rings. The number of imidazole rings is 1. The van der Waals surface area contributed by atoms with Crippen molar-refractivity contribution in [1.82, 2.24) is 14.1 Å². The van der Waals surface area contributed by atoms with Crippen LogP contribution in [0.3, 0.4) is 0 Å². The fourth-order valence-corrected chi connectivity index (χ4v) is 4.55. The second-order valence-corrected chi connectivity index (χ2v) is 8.68. The minimum atomic E-state index is -1.72. The Kier molecular flexibility index (Phi) is 7.40. The summed E-state index contributed by atoms with van der Waals surface area (Å²) in [6, 6.07) is 8.89. The number of nitrogens with zero attached hydrogens (tertiary/aromatic N) is 3. The first-order valence-electron chi connectivity index (χ1n) is 11.5. The van der Waals surface area contributed by atoms with Crippen molar-refractivity contribution in [2.45, 2.75) is 38.6 Å². The maximum atomic E-state index is 12.9. The first-order valence-corrected chi connectivity index (χ1v) is 11.5. The summed E-state index contributed by atoms with van der Waals surface area (Å²) in [5, 5.41) is 2.95. The molecule has 1 aliphatic carbocycles. The van der Waals surface area contributed by atoms with Gasteiger partial charge in [0.1, 0.15) is 5.75 Å². The molecule has 1 aromatic carbocycles. The summed E-state index contributed by atoms with van der Waals surface area (Å²) in [5.74, 6) is 0.805. The third kappa shape index (κ3) is 5.52. The van der Waals surface area contributed by atoms with Crippen LogP contribution in [0.2, 0.25) is 0 Å². The van der Waals surface area contributed by atoms with Gasteiger partial charge in [-0.05, 0) is 61.9 Å². The quantitative estimate of drug-likeness (QED) is 0.483. The topological polar surface area (TPSA) is 78.2 Å². The smallest absolute Gasteiger partial charge is 0.328 e. The van der Waals surface area contributed by atoms with E-state index in [0.29, 0.717) is 12.3 Å². The van der Waals surface area contributed by atoms with Gasteiger partial charge < -0.3 is 10.1 Å². The Morgan fingerprint density at radius 2 is 1.88 bits per heavy atom. The van der Waals surface area contributed by atoms with Crippen LogP contribution >= 0.6 is 0 Å². The molecule has 0 aliphatic heterocycles. The van der Waals surface area contributed by atoms with Crippen LogP contribution in [0.5, 0.6) is 5.75 Å². The molecule has 4 rings (SSSR count). The van der Waals surface area contributed by atoms with E-state index in [1.807, 2.05) is 6.07 Å². The fourth-order valence-electron chi connectivity index (χ4n) is 4.55. The molecule has 180 valence electrons. The number of fused-ring (bicyclic) bond motifs is 1. The molecule has 9 heteroatoms. The van der Waals surface area contributed by atoms with Gasteiger partial charge in [0.25, 0.3) is 6.08 Å². The molecule has 3 aromatic rings. The minimum absolute atomic E-state index is 0.0243. The molecule has 1 amide bonds. The lowest BCUT2D eigenvalue weighted by Crippen LogP contribution is -2.30. The van der Waals surface area contributed by atoms with Crippen molar-refractivity contribution < 1.29 is 18.3 Å². The molecule has 1 saturated carbocycles. The van der Waals surface area contributed by atoms with Crippen LogP contribution in [-0.4, -0.2) is 26.6 Å². The van der Waals surface area contributed by atoms with Gasteiger partial charge in [-0.1, -0.05) is 0 Å². The van der Waals surface area contributed by atoms with Gasteiger partial charge in [0.05, 0.1) is 17.6 Å². The van der Waals surface area contributed by atoms with E-state index in [0.717, 1.165) is 48.5 Å². The molecule has 0 saturated heterocycles. The first-order chi connectivity index (χ1) is 16.4. The number of pyridine rings is 1. The first kappa shape index (κ1) is 23.7. The third-order valence-corrected chi connectivity index (χ3v) is 6.41. The molecule has 7 nitrogen and oxygen atoms in total. The molecule has 2 aromatic heterocycles. The van der Waals surface area contributed by atoms with E-state index in [4.69, 9.17) is 4.74 Å². The molecule has 0 atom stereocenters. The van der Waals surface area contributed by atoms with Crippen molar-refractivity contribution in [2.24, 2.45) is 18.9 Å². The number of ether oxygens (including phenoxy) is 1. The van der Waals surface area contributed by atoms with Crippen LogP contribution in [0.25, 0.3) is 11.0 Å². The summed E-state index contributed by atoms with van der Waals surface area (Å²) in [5.41, 5.74) is 2.19. The molecule has 0 radical (unpaired) electrons. The predicted octanol–water partition coefficient (Wildman–Crippen LogP) is 4.73. The average molecular weight is 471 g/mol. The van der Waals surface area contributed by atoms with Crippen molar-refractivity contribution in [1.29, 1.82) is 0 Å². The Morgan fingerprint density at radius 3 is 2.59 bits per heavy atom. The number of carbonyl (C=O) groups excluding carboxylic acids is 1. The normalized spacial score (nSPS) is 18.0. The van der Waals surface area contributed by atoms with Crippen molar-refractivity contribution in [3.05, 3.63) is 65.4 Å². The molecule has 34 heavy (non-hydrogen) atoms. The second-order valence-electron chi connectivity index (χ2n) is 8.68. The minimum Gasteiger partial charge on any atom is -0.493 e. The van der Waals surface area contributed by atoms with E-state index in [1.54, 1.807) is 52.8 Å². The Labute approximate surface area is 196 Å². The lowest BCUT2D eigenvalue weighted by Gasteiger charge is -2.28. The maximum Gasteiger partial charge on any atom is 0.328 e. The Balaban J connectivity index is 1.40. The highest BCUT2D eigenvalue weighted by Crippen LogP contribution is 2.31. The maximum absolute atomic E-state index is 12.9. The van der Waals surface area contributed by atoms with E-state index in [9.17, 15) is 18.4 Å². The Bertz CT molecular complexity index is 1220. The largest absolute Gasteiger partial charge is 0.493 e. The summed E-state index contributed by atoms with van der Waals surface area (Å²) >= 11 is 0. The number of rotatable bonds is 8. The number of amides is 1. The highest BCUT2D eigenvalue weighted by molar-refractivity contribution is 5.92. The Morgan fingerprint density at radius 1 is 1.15 bits per heavy atom. The second kappa shape index (κ2) is 10.6. The van der Waals surface area contributed by atoms with Crippen LogP contribution in [0, 0.1) is 11.8 Å². The average Bonchev–Trinajstić information content (AvgIpc) is 3.07. The van der Waals surface area contributed by atoms with E-state index in [2.05, 4.69) is 10.3 Å². The van der Waals surface area contributed by atoms with Crippen molar-refractivity contribution in [3.8, 4) is 5.75 Å². The SMILES string of the molecule is Cn1c(=O)n(CC2CCC(C(=O)Nc3ccncc3)CC2)c2cc(OCCC=C(F)F)ccc21. The van der Waals surface area contributed by atoms with E-state index >= 15 is 0 Å². The molecule has 0 bridgehead atoms.